The van der Waals surface area contributed by atoms with E-state index in [1.807, 2.05) is 13.0 Å². The van der Waals surface area contributed by atoms with Crippen molar-refractivity contribution < 1.29 is 0 Å². The summed E-state index contributed by atoms with van der Waals surface area (Å²) in [5, 5.41) is 0. The van der Waals surface area contributed by atoms with Crippen molar-refractivity contribution in [2.45, 2.75) is 27.2 Å². The molecule has 0 atom stereocenters. The number of rotatable bonds is 4. The van der Waals surface area contributed by atoms with Crippen LogP contribution in [0.3, 0.4) is 0 Å². The molecule has 84 valence electrons. The standard InChI is InChI=1S/C16H20/c1-6-14-8-10-15(11-9-14)13(5)16(7-2)12(3)4/h7-11H,2-3,6H2,1,4-5H3. The van der Waals surface area contributed by atoms with E-state index >= 15 is 0 Å². The normalized spacial score (nSPS) is 11.9. The Morgan fingerprint density at radius 2 is 1.75 bits per heavy atom. The average Bonchev–Trinajstić information content (AvgIpc) is 2.29. The summed E-state index contributed by atoms with van der Waals surface area (Å²) >= 11 is 0. The lowest BCUT2D eigenvalue weighted by atomic mass is 9.96. The third kappa shape index (κ3) is 2.73. The molecule has 0 bridgehead atoms. The van der Waals surface area contributed by atoms with Crippen LogP contribution in [0.2, 0.25) is 0 Å². The van der Waals surface area contributed by atoms with Crippen molar-refractivity contribution in [3.8, 4) is 0 Å². The Morgan fingerprint density at radius 3 is 2.12 bits per heavy atom. The Morgan fingerprint density at radius 1 is 1.19 bits per heavy atom. The Bertz CT molecular complexity index is 416. The highest BCUT2D eigenvalue weighted by molar-refractivity contribution is 5.73. The highest BCUT2D eigenvalue weighted by atomic mass is 14.1. The average molecular weight is 212 g/mol. The first kappa shape index (κ1) is 12.5. The highest BCUT2D eigenvalue weighted by Crippen LogP contribution is 2.23. The quantitative estimate of drug-likeness (QED) is 0.630. The van der Waals surface area contributed by atoms with Crippen molar-refractivity contribution in [2.24, 2.45) is 0 Å². The van der Waals surface area contributed by atoms with E-state index in [0.717, 1.165) is 17.6 Å². The van der Waals surface area contributed by atoms with Crippen LogP contribution in [-0.2, 0) is 6.42 Å². The SMILES string of the molecule is C=CC(C(=C)C)=C(C)c1ccc(CC)cc1. The van der Waals surface area contributed by atoms with E-state index in [1.165, 1.54) is 16.7 Å². The van der Waals surface area contributed by atoms with Crippen molar-refractivity contribution in [3.63, 3.8) is 0 Å². The van der Waals surface area contributed by atoms with E-state index in [4.69, 9.17) is 0 Å². The third-order valence-corrected chi connectivity index (χ3v) is 2.86. The molecule has 1 aromatic carbocycles. The van der Waals surface area contributed by atoms with Gasteiger partial charge in [0.05, 0.1) is 0 Å². The highest BCUT2D eigenvalue weighted by Gasteiger charge is 2.02. The zero-order valence-electron chi connectivity index (χ0n) is 10.5. The summed E-state index contributed by atoms with van der Waals surface area (Å²) in [6, 6.07) is 8.69. The second kappa shape index (κ2) is 5.50. The summed E-state index contributed by atoms with van der Waals surface area (Å²) in [5.41, 5.74) is 6.06. The lowest BCUT2D eigenvalue weighted by Gasteiger charge is -2.09. The van der Waals surface area contributed by atoms with Gasteiger partial charge in [-0.25, -0.2) is 0 Å². The van der Waals surface area contributed by atoms with Gasteiger partial charge in [-0.1, -0.05) is 56.0 Å². The van der Waals surface area contributed by atoms with Crippen molar-refractivity contribution in [1.82, 2.24) is 0 Å². The second-order valence-corrected chi connectivity index (χ2v) is 4.07. The van der Waals surface area contributed by atoms with Crippen LogP contribution in [-0.4, -0.2) is 0 Å². The molecule has 0 spiro atoms. The Kier molecular flexibility index (Phi) is 4.30. The maximum absolute atomic E-state index is 3.98. The molecule has 0 amide bonds. The molecule has 1 rings (SSSR count). The predicted molar refractivity (Wildman–Crippen MR) is 73.4 cm³/mol. The Labute approximate surface area is 99.0 Å². The summed E-state index contributed by atoms with van der Waals surface area (Å²) in [6.45, 7) is 14.1. The van der Waals surface area contributed by atoms with Crippen molar-refractivity contribution in [1.29, 1.82) is 0 Å². The van der Waals surface area contributed by atoms with Crippen LogP contribution in [0.4, 0.5) is 0 Å². The van der Waals surface area contributed by atoms with Gasteiger partial charge in [0.25, 0.3) is 0 Å². The van der Waals surface area contributed by atoms with Crippen LogP contribution >= 0.6 is 0 Å². The smallest absolute Gasteiger partial charge is 0.0204 e. The van der Waals surface area contributed by atoms with E-state index in [0.29, 0.717) is 0 Å². The summed E-state index contributed by atoms with van der Waals surface area (Å²) in [7, 11) is 0. The molecule has 0 saturated heterocycles. The first-order chi connectivity index (χ1) is 7.60. The fourth-order valence-electron chi connectivity index (χ4n) is 1.79. The van der Waals surface area contributed by atoms with Gasteiger partial charge in [-0.2, -0.15) is 0 Å². The molecule has 0 saturated carbocycles. The number of aryl methyl sites for hydroxylation is 1. The molecule has 0 aliphatic heterocycles. The summed E-state index contributed by atoms with van der Waals surface area (Å²) in [4.78, 5) is 0. The van der Waals surface area contributed by atoms with E-state index in [-0.39, 0.29) is 0 Å². The maximum Gasteiger partial charge on any atom is -0.0204 e. The van der Waals surface area contributed by atoms with Crippen LogP contribution in [0.25, 0.3) is 5.57 Å². The van der Waals surface area contributed by atoms with Crippen molar-refractivity contribution in [3.05, 3.63) is 65.8 Å². The molecule has 0 heterocycles. The van der Waals surface area contributed by atoms with Crippen LogP contribution in [0, 0.1) is 0 Å². The second-order valence-electron chi connectivity index (χ2n) is 4.07. The fourth-order valence-corrected chi connectivity index (χ4v) is 1.79. The van der Waals surface area contributed by atoms with Gasteiger partial charge < -0.3 is 0 Å². The zero-order valence-corrected chi connectivity index (χ0v) is 10.5. The minimum Gasteiger partial charge on any atom is -0.0985 e. The van der Waals surface area contributed by atoms with Gasteiger partial charge in [-0.15, -0.1) is 0 Å². The molecule has 1 aromatic rings. The molecule has 16 heavy (non-hydrogen) atoms. The third-order valence-electron chi connectivity index (χ3n) is 2.86. The van der Waals surface area contributed by atoms with Crippen LogP contribution in [0.15, 0.2) is 54.6 Å². The molecule has 0 nitrogen and oxygen atoms in total. The number of hydrogen-bond acceptors (Lipinski definition) is 0. The van der Waals surface area contributed by atoms with Gasteiger partial charge in [-0.05, 0) is 42.5 Å². The molecule has 0 aromatic heterocycles. The molecule has 0 aliphatic rings. The van der Waals surface area contributed by atoms with Crippen molar-refractivity contribution >= 4 is 5.57 Å². The van der Waals surface area contributed by atoms with Crippen LogP contribution in [0.5, 0.6) is 0 Å². The molecule has 0 unspecified atom stereocenters. The van der Waals surface area contributed by atoms with Crippen molar-refractivity contribution in [2.75, 3.05) is 0 Å². The van der Waals surface area contributed by atoms with Gasteiger partial charge in [0.2, 0.25) is 0 Å². The molecule has 0 heteroatoms. The number of benzene rings is 1. The van der Waals surface area contributed by atoms with E-state index in [2.05, 4.69) is 51.3 Å². The number of hydrogen-bond donors (Lipinski definition) is 0. The topological polar surface area (TPSA) is 0 Å². The molecule has 0 N–H and O–H groups in total. The summed E-state index contributed by atoms with van der Waals surface area (Å²) in [5.74, 6) is 0. The fraction of sp³-hybridized carbons (Fsp3) is 0.250. The molecule has 0 radical (unpaired) electrons. The first-order valence-corrected chi connectivity index (χ1v) is 5.68. The van der Waals surface area contributed by atoms with E-state index in [9.17, 15) is 0 Å². The summed E-state index contributed by atoms with van der Waals surface area (Å²) in [6.07, 6.45) is 2.96. The Hall–Kier alpha value is -1.56. The van der Waals surface area contributed by atoms with Gasteiger partial charge in [-0.3, -0.25) is 0 Å². The van der Waals surface area contributed by atoms with Gasteiger partial charge >= 0.3 is 0 Å². The molecule has 0 aliphatic carbocycles. The molecule has 0 fully saturated rings. The van der Waals surface area contributed by atoms with Gasteiger partial charge in [0.15, 0.2) is 0 Å². The maximum atomic E-state index is 3.98. The predicted octanol–water partition coefficient (Wildman–Crippen LogP) is 4.78. The minimum atomic E-state index is 1.06. The lowest BCUT2D eigenvalue weighted by Crippen LogP contribution is -1.88. The van der Waals surface area contributed by atoms with Crippen LogP contribution < -0.4 is 0 Å². The lowest BCUT2D eigenvalue weighted by molar-refractivity contribution is 1.14. The minimum absolute atomic E-state index is 1.06. The number of allylic oxidation sites excluding steroid dienone is 4. The van der Waals surface area contributed by atoms with Crippen LogP contribution in [0.1, 0.15) is 31.9 Å². The van der Waals surface area contributed by atoms with Gasteiger partial charge in [0.1, 0.15) is 0 Å². The van der Waals surface area contributed by atoms with E-state index in [1.54, 1.807) is 0 Å². The zero-order chi connectivity index (χ0) is 12.1. The molecular weight excluding hydrogens is 192 g/mol. The summed E-state index contributed by atoms with van der Waals surface area (Å²) < 4.78 is 0. The largest absolute Gasteiger partial charge is 0.0985 e. The van der Waals surface area contributed by atoms with E-state index < -0.39 is 0 Å². The van der Waals surface area contributed by atoms with Gasteiger partial charge in [0, 0.05) is 0 Å². The Balaban J connectivity index is 3.16. The first-order valence-electron chi connectivity index (χ1n) is 5.68. The molecular formula is C16H20. The monoisotopic (exact) mass is 212 g/mol.